The van der Waals surface area contributed by atoms with Crippen molar-refractivity contribution in [2.24, 2.45) is 0 Å². The monoisotopic (exact) mass is 391 g/mol. The van der Waals surface area contributed by atoms with E-state index in [4.69, 9.17) is 9.47 Å². The second kappa shape index (κ2) is 4.53. The Bertz CT molecular complexity index is 248. The Morgan fingerprint density at radius 1 is 1.07 bits per heavy atom. The third-order valence-corrected chi connectivity index (χ3v) is 2.74. The van der Waals surface area contributed by atoms with Gasteiger partial charge in [0.1, 0.15) is 5.60 Å². The molecule has 0 aromatic carbocycles. The molecule has 1 heterocycles. The summed E-state index contributed by atoms with van der Waals surface area (Å²) in [6.45, 7) is 16.2. The van der Waals surface area contributed by atoms with Crippen molar-refractivity contribution in [1.29, 1.82) is 0 Å². The van der Waals surface area contributed by atoms with Crippen LogP contribution in [-0.4, -0.2) is 23.4 Å². The first kappa shape index (κ1) is 15.1. The van der Waals surface area contributed by atoms with E-state index in [0.717, 1.165) is 0 Å². The Morgan fingerprint density at radius 3 is 1.87 bits per heavy atom. The van der Waals surface area contributed by atoms with Crippen LogP contribution in [0.5, 0.6) is 0 Å². The number of hydrogen-bond donors (Lipinski definition) is 0. The first-order valence-electron chi connectivity index (χ1n) is 4.90. The quantitative estimate of drug-likeness (QED) is 0.674. The summed E-state index contributed by atoms with van der Waals surface area (Å²) in [6.07, 6.45) is 3.52. The molecule has 1 aliphatic heterocycles. The van der Waals surface area contributed by atoms with Crippen LogP contribution in [0.1, 0.15) is 27.7 Å². The third-order valence-electron chi connectivity index (χ3n) is 2.74. The maximum atomic E-state index is 5.99. The molecule has 0 spiro atoms. The van der Waals surface area contributed by atoms with Crippen LogP contribution >= 0.6 is 0 Å². The molecule has 1 aliphatic rings. The Morgan fingerprint density at radius 2 is 1.53 bits per heavy atom. The minimum Gasteiger partial charge on any atom is -0.364 e. The predicted molar refractivity (Wildman–Crippen MR) is 58.3 cm³/mol. The van der Waals surface area contributed by atoms with E-state index in [2.05, 4.69) is 13.2 Å². The van der Waals surface area contributed by atoms with E-state index in [1.807, 2.05) is 27.7 Å². The van der Waals surface area contributed by atoms with Crippen molar-refractivity contribution in [3.8, 4) is 0 Å². The van der Waals surface area contributed by atoms with Crippen molar-refractivity contribution < 1.29 is 30.5 Å². The largest absolute Gasteiger partial charge is 0.364 e. The van der Waals surface area contributed by atoms with Gasteiger partial charge in [-0.1, -0.05) is 25.3 Å². The van der Waals surface area contributed by atoms with E-state index in [0.29, 0.717) is 6.61 Å². The molecule has 15 heavy (non-hydrogen) atoms. The molecule has 0 atom stereocenters. The molecule has 0 aromatic heterocycles. The van der Waals surface area contributed by atoms with Crippen molar-refractivity contribution in [2.75, 3.05) is 6.61 Å². The van der Waals surface area contributed by atoms with Gasteiger partial charge in [0.15, 0.2) is 0 Å². The van der Waals surface area contributed by atoms with Gasteiger partial charge in [-0.2, -0.15) is 0 Å². The fraction of sp³-hybridized carbons (Fsp3) is 0.667. The molecule has 0 saturated carbocycles. The molecule has 0 aliphatic carbocycles. The molecule has 3 heteroatoms. The Balaban J connectivity index is 0.00000196. The van der Waals surface area contributed by atoms with Crippen LogP contribution in [0.15, 0.2) is 25.3 Å². The zero-order valence-corrected chi connectivity index (χ0v) is 12.2. The predicted octanol–water partition coefficient (Wildman–Crippen LogP) is 2.70. The van der Waals surface area contributed by atoms with E-state index in [1.54, 1.807) is 12.2 Å². The van der Waals surface area contributed by atoms with Crippen molar-refractivity contribution in [2.45, 2.75) is 44.5 Å². The topological polar surface area (TPSA) is 18.5 Å². The van der Waals surface area contributed by atoms with E-state index >= 15 is 0 Å². The summed E-state index contributed by atoms with van der Waals surface area (Å²) in [5, 5.41) is 0. The molecule has 0 radical (unpaired) electrons. The summed E-state index contributed by atoms with van der Waals surface area (Å²) in [5.41, 5.74) is -1.26. The van der Waals surface area contributed by atoms with Crippen molar-refractivity contribution in [3.05, 3.63) is 25.3 Å². The molecular formula is C12H20O2Pt. The molecule has 0 bridgehead atoms. The normalized spacial score (nSPS) is 26.1. The molecule has 90 valence electrons. The Labute approximate surface area is 107 Å². The molecular weight excluding hydrogens is 371 g/mol. The van der Waals surface area contributed by atoms with Crippen LogP contribution in [-0.2, 0) is 30.5 Å². The van der Waals surface area contributed by atoms with Gasteiger partial charge in [0, 0.05) is 21.1 Å². The van der Waals surface area contributed by atoms with Crippen LogP contribution in [0.4, 0.5) is 0 Å². The standard InChI is InChI=1S/C12H20O2.Pt/c1-7-12(8-2)11(5,6)14-10(3,4)9-13-12;/h7-8H,1-2,9H2,3-6H3;. The molecule has 0 N–H and O–H groups in total. The average Bonchev–Trinajstić information content (AvgIpc) is 2.03. The van der Waals surface area contributed by atoms with Gasteiger partial charge in [-0.15, -0.1) is 0 Å². The fourth-order valence-electron chi connectivity index (χ4n) is 1.96. The maximum absolute atomic E-state index is 5.99. The van der Waals surface area contributed by atoms with Crippen molar-refractivity contribution in [1.82, 2.24) is 0 Å². The average molecular weight is 391 g/mol. The Kier molecular flexibility index (Phi) is 4.55. The van der Waals surface area contributed by atoms with Crippen molar-refractivity contribution in [3.63, 3.8) is 0 Å². The number of rotatable bonds is 2. The first-order valence-corrected chi connectivity index (χ1v) is 4.90. The van der Waals surface area contributed by atoms with Gasteiger partial charge in [-0.3, -0.25) is 0 Å². The second-order valence-corrected chi connectivity index (χ2v) is 4.86. The second-order valence-electron chi connectivity index (χ2n) is 4.86. The van der Waals surface area contributed by atoms with Gasteiger partial charge in [0.05, 0.1) is 17.8 Å². The SMILES string of the molecule is C=CC1(C=C)OCC(C)(C)OC1(C)C.[Pt]. The van der Waals surface area contributed by atoms with Gasteiger partial charge >= 0.3 is 0 Å². The van der Waals surface area contributed by atoms with Crippen LogP contribution in [0.3, 0.4) is 0 Å². The molecule has 2 nitrogen and oxygen atoms in total. The van der Waals surface area contributed by atoms with E-state index < -0.39 is 11.2 Å². The van der Waals surface area contributed by atoms with E-state index in [9.17, 15) is 0 Å². The summed E-state index contributed by atoms with van der Waals surface area (Å²) >= 11 is 0. The van der Waals surface area contributed by atoms with Gasteiger partial charge < -0.3 is 9.47 Å². The van der Waals surface area contributed by atoms with Crippen LogP contribution < -0.4 is 0 Å². The van der Waals surface area contributed by atoms with Gasteiger partial charge in [0.2, 0.25) is 0 Å². The zero-order chi connectivity index (χ0) is 11.0. The maximum Gasteiger partial charge on any atom is 0.132 e. The van der Waals surface area contributed by atoms with E-state index in [1.165, 1.54) is 0 Å². The summed E-state index contributed by atoms with van der Waals surface area (Å²) < 4.78 is 11.8. The van der Waals surface area contributed by atoms with Crippen LogP contribution in [0.2, 0.25) is 0 Å². The molecule has 1 rings (SSSR count). The zero-order valence-electron chi connectivity index (χ0n) is 9.91. The third kappa shape index (κ3) is 2.61. The van der Waals surface area contributed by atoms with Gasteiger partial charge in [-0.05, 0) is 27.7 Å². The van der Waals surface area contributed by atoms with Crippen molar-refractivity contribution >= 4 is 0 Å². The minimum atomic E-state index is -0.581. The summed E-state index contributed by atoms with van der Waals surface area (Å²) in [4.78, 5) is 0. The van der Waals surface area contributed by atoms with Crippen LogP contribution in [0, 0.1) is 0 Å². The summed E-state index contributed by atoms with van der Waals surface area (Å²) in [7, 11) is 0. The molecule has 0 aromatic rings. The molecule has 1 saturated heterocycles. The van der Waals surface area contributed by atoms with Crippen LogP contribution in [0.25, 0.3) is 0 Å². The van der Waals surface area contributed by atoms with Gasteiger partial charge in [0.25, 0.3) is 0 Å². The minimum absolute atomic E-state index is 0. The molecule has 0 amide bonds. The number of hydrogen-bond acceptors (Lipinski definition) is 2. The first-order chi connectivity index (χ1) is 6.29. The fourth-order valence-corrected chi connectivity index (χ4v) is 1.96. The molecule has 1 fully saturated rings. The smallest absolute Gasteiger partial charge is 0.132 e. The number of ether oxygens (including phenoxy) is 2. The van der Waals surface area contributed by atoms with Gasteiger partial charge in [-0.25, -0.2) is 0 Å². The van der Waals surface area contributed by atoms with E-state index in [-0.39, 0.29) is 26.7 Å². The Hall–Kier alpha value is 0.0883. The molecule has 0 unspecified atom stereocenters. The summed E-state index contributed by atoms with van der Waals surface area (Å²) in [6, 6.07) is 0. The summed E-state index contributed by atoms with van der Waals surface area (Å²) in [5.74, 6) is 0.